The Morgan fingerprint density at radius 2 is 2.00 bits per heavy atom. The van der Waals surface area contributed by atoms with Crippen molar-refractivity contribution in [2.24, 2.45) is 0 Å². The molecule has 2 N–H and O–H groups in total. The van der Waals surface area contributed by atoms with Gasteiger partial charge < -0.3 is 9.79 Å². The molecule has 0 aliphatic carbocycles. The van der Waals surface area contributed by atoms with E-state index < -0.39 is 11.3 Å². The van der Waals surface area contributed by atoms with Crippen LogP contribution in [0.3, 0.4) is 0 Å². The third-order valence-electron chi connectivity index (χ3n) is 0.712. The van der Waals surface area contributed by atoms with Crippen LogP contribution in [0.4, 0.5) is 0 Å². The normalized spacial score (nSPS) is 15.6. The molecule has 56 valence electrons. The van der Waals surface area contributed by atoms with Crippen LogP contribution in [-0.4, -0.2) is 17.9 Å². The van der Waals surface area contributed by atoms with E-state index in [9.17, 15) is 4.57 Å². The average molecular weight is 376 g/mol. The summed E-state index contributed by atoms with van der Waals surface area (Å²) in [4.78, 5) is 17.0. The van der Waals surface area contributed by atoms with Gasteiger partial charge in [0, 0.05) is 4.43 Å². The highest BCUT2D eigenvalue weighted by Crippen LogP contribution is 2.46. The molecule has 3 nitrogen and oxygen atoms in total. The van der Waals surface area contributed by atoms with Gasteiger partial charge in [-0.05, 0) is 6.42 Å². The van der Waals surface area contributed by atoms with Crippen LogP contribution in [0.25, 0.3) is 0 Å². The summed E-state index contributed by atoms with van der Waals surface area (Å²) in [5.41, 5.74) is 0. The minimum absolute atomic E-state index is 0.507. The fraction of sp³-hybridized carbons (Fsp3) is 1.00. The summed E-state index contributed by atoms with van der Waals surface area (Å²) in [5.74, 6) is 0. The summed E-state index contributed by atoms with van der Waals surface area (Å²) in [7, 11) is -3.79. The van der Waals surface area contributed by atoms with E-state index >= 15 is 0 Å². The minimum Gasteiger partial charge on any atom is -0.324 e. The van der Waals surface area contributed by atoms with E-state index in [1.165, 1.54) is 0 Å². The second-order valence-electron chi connectivity index (χ2n) is 1.50. The molecule has 1 unspecified atom stereocenters. The van der Waals surface area contributed by atoms with E-state index in [0.717, 1.165) is 4.43 Å². The van der Waals surface area contributed by atoms with Gasteiger partial charge in [0.1, 0.15) is 3.67 Å². The number of alkyl halides is 2. The van der Waals surface area contributed by atoms with E-state index in [4.69, 9.17) is 9.79 Å². The Balaban J connectivity index is 3.74. The van der Waals surface area contributed by atoms with Gasteiger partial charge in [0.05, 0.1) is 0 Å². The summed E-state index contributed by atoms with van der Waals surface area (Å²) < 4.78 is 10.7. The number of hydrogen-bond acceptors (Lipinski definition) is 1. The quantitative estimate of drug-likeness (QED) is 0.449. The molecule has 9 heavy (non-hydrogen) atoms. The highest BCUT2D eigenvalue weighted by molar-refractivity contribution is 14.1. The lowest BCUT2D eigenvalue weighted by Gasteiger charge is -2.08. The molecule has 0 aromatic rings. The molecule has 0 radical (unpaired) electrons. The van der Waals surface area contributed by atoms with Crippen LogP contribution in [0.2, 0.25) is 0 Å². The van der Waals surface area contributed by atoms with Crippen molar-refractivity contribution >= 4 is 52.8 Å². The van der Waals surface area contributed by atoms with Crippen molar-refractivity contribution in [1.29, 1.82) is 0 Å². The Labute approximate surface area is 81.0 Å². The molecule has 0 saturated carbocycles. The van der Waals surface area contributed by atoms with Crippen molar-refractivity contribution in [3.8, 4) is 0 Å². The van der Waals surface area contributed by atoms with Gasteiger partial charge in [-0.15, -0.1) is 0 Å². The van der Waals surface area contributed by atoms with Gasteiger partial charge in [-0.1, -0.05) is 45.2 Å². The van der Waals surface area contributed by atoms with E-state index in [2.05, 4.69) is 22.6 Å². The third-order valence-corrected chi connectivity index (χ3v) is 5.12. The lowest BCUT2D eigenvalue weighted by molar-refractivity contribution is 0.371. The zero-order valence-electron chi connectivity index (χ0n) is 4.50. The SMILES string of the molecule is O=P(O)(O)C(I)CCI. The van der Waals surface area contributed by atoms with E-state index in [0.29, 0.717) is 6.42 Å². The molecule has 0 aromatic carbocycles. The topological polar surface area (TPSA) is 57.5 Å². The lowest BCUT2D eigenvalue weighted by atomic mass is 10.6. The Morgan fingerprint density at radius 3 is 2.11 bits per heavy atom. The molecule has 0 rings (SSSR count). The standard InChI is InChI=1S/C3H7I2O3P/c4-2-1-3(5)9(6,7)8/h3H,1-2H2,(H2,6,7,8). The number of rotatable bonds is 3. The molecule has 1 atom stereocenters. The van der Waals surface area contributed by atoms with E-state index in [-0.39, 0.29) is 0 Å². The van der Waals surface area contributed by atoms with Gasteiger partial charge in [0.2, 0.25) is 0 Å². The van der Waals surface area contributed by atoms with Crippen LogP contribution in [0.1, 0.15) is 6.42 Å². The molecule has 0 spiro atoms. The second-order valence-corrected chi connectivity index (χ2v) is 6.87. The molecule has 6 heteroatoms. The summed E-state index contributed by atoms with van der Waals surface area (Å²) in [6.45, 7) is 0. The first-order valence-corrected chi connectivity index (χ1v) is 6.69. The highest BCUT2D eigenvalue weighted by Gasteiger charge is 2.24. The van der Waals surface area contributed by atoms with Crippen LogP contribution in [-0.2, 0) is 4.57 Å². The van der Waals surface area contributed by atoms with Gasteiger partial charge in [-0.3, -0.25) is 4.57 Å². The zero-order valence-corrected chi connectivity index (χ0v) is 9.71. The first kappa shape index (κ1) is 10.6. The zero-order chi connectivity index (χ0) is 7.49. The molecule has 0 aliphatic rings. The van der Waals surface area contributed by atoms with Gasteiger partial charge in [-0.2, -0.15) is 0 Å². The minimum atomic E-state index is -3.79. The molecule has 0 aromatic heterocycles. The Morgan fingerprint density at radius 1 is 1.56 bits per heavy atom. The maximum atomic E-state index is 10.4. The molecule has 0 heterocycles. The maximum Gasteiger partial charge on any atom is 0.338 e. The van der Waals surface area contributed by atoms with Gasteiger partial charge in [0.25, 0.3) is 0 Å². The molecular weight excluding hydrogens is 369 g/mol. The van der Waals surface area contributed by atoms with Crippen LogP contribution in [0.15, 0.2) is 0 Å². The summed E-state index contributed by atoms with van der Waals surface area (Å²) in [6.07, 6.45) is 0.575. The first-order valence-electron chi connectivity index (χ1n) is 2.23. The monoisotopic (exact) mass is 376 g/mol. The predicted molar refractivity (Wildman–Crippen MR) is 53.4 cm³/mol. The van der Waals surface area contributed by atoms with Gasteiger partial charge >= 0.3 is 7.60 Å². The van der Waals surface area contributed by atoms with Crippen LogP contribution in [0, 0.1) is 0 Å². The molecule has 0 saturated heterocycles. The molecule has 0 fully saturated rings. The molecule has 0 aliphatic heterocycles. The maximum absolute atomic E-state index is 10.4. The smallest absolute Gasteiger partial charge is 0.324 e. The van der Waals surface area contributed by atoms with E-state index in [1.807, 2.05) is 0 Å². The van der Waals surface area contributed by atoms with Gasteiger partial charge in [-0.25, -0.2) is 0 Å². The van der Waals surface area contributed by atoms with Crippen molar-refractivity contribution < 1.29 is 14.4 Å². The predicted octanol–water partition coefficient (Wildman–Crippen LogP) is 1.75. The average Bonchev–Trinajstić information content (AvgIpc) is 1.64. The van der Waals surface area contributed by atoms with Crippen LogP contribution in [0.5, 0.6) is 0 Å². The lowest BCUT2D eigenvalue weighted by Crippen LogP contribution is -1.98. The Kier molecular flexibility index (Phi) is 5.28. The van der Waals surface area contributed by atoms with Crippen molar-refractivity contribution in [2.75, 3.05) is 4.43 Å². The van der Waals surface area contributed by atoms with Crippen molar-refractivity contribution in [1.82, 2.24) is 0 Å². The Hall–Kier alpha value is 1.61. The molecular formula is C3H7I2O3P. The van der Waals surface area contributed by atoms with Crippen molar-refractivity contribution in [2.45, 2.75) is 10.1 Å². The summed E-state index contributed by atoms with van der Waals surface area (Å²) in [6, 6.07) is 0. The fourth-order valence-corrected chi connectivity index (χ4v) is 3.34. The van der Waals surface area contributed by atoms with Crippen molar-refractivity contribution in [3.05, 3.63) is 0 Å². The number of halogens is 2. The third kappa shape index (κ3) is 4.94. The summed E-state index contributed by atoms with van der Waals surface area (Å²) >= 11 is 3.87. The highest BCUT2D eigenvalue weighted by atomic mass is 127. The number of hydrogen-bond donors (Lipinski definition) is 2. The summed E-state index contributed by atoms with van der Waals surface area (Å²) in [5, 5.41) is 0. The largest absolute Gasteiger partial charge is 0.338 e. The van der Waals surface area contributed by atoms with Crippen molar-refractivity contribution in [3.63, 3.8) is 0 Å². The molecule has 0 bridgehead atoms. The molecule has 0 amide bonds. The van der Waals surface area contributed by atoms with Crippen LogP contribution >= 0.6 is 52.8 Å². The first-order chi connectivity index (χ1) is 3.98. The second kappa shape index (κ2) is 4.48. The van der Waals surface area contributed by atoms with E-state index in [1.54, 1.807) is 22.6 Å². The Bertz CT molecular complexity index is 122. The fourth-order valence-electron chi connectivity index (χ4n) is 0.258. The van der Waals surface area contributed by atoms with Crippen LogP contribution < -0.4 is 0 Å². The van der Waals surface area contributed by atoms with Gasteiger partial charge in [0.15, 0.2) is 0 Å².